The molecule has 1 atom stereocenters. The second-order valence-corrected chi connectivity index (χ2v) is 6.43. The van der Waals surface area contributed by atoms with Crippen molar-refractivity contribution in [3.63, 3.8) is 0 Å². The number of hydrogen-bond acceptors (Lipinski definition) is 6. The van der Waals surface area contributed by atoms with Gasteiger partial charge in [-0.2, -0.15) is 0 Å². The van der Waals surface area contributed by atoms with Crippen molar-refractivity contribution in [1.29, 1.82) is 0 Å². The molecule has 0 aliphatic heterocycles. The van der Waals surface area contributed by atoms with Gasteiger partial charge in [-0.15, -0.1) is 0 Å². The van der Waals surface area contributed by atoms with E-state index in [-0.39, 0.29) is 6.10 Å². The molecule has 4 N–H and O–H groups in total. The van der Waals surface area contributed by atoms with Gasteiger partial charge in [0, 0.05) is 40.7 Å². The number of benzene rings is 1. The van der Waals surface area contributed by atoms with Gasteiger partial charge in [0.1, 0.15) is 6.10 Å². The fraction of sp³-hybridized carbons (Fsp3) is 0.350. The quantitative estimate of drug-likeness (QED) is 0.443. The minimum atomic E-state index is -0.494. The number of nitrogens with zero attached hydrogens (tertiary/aromatic N) is 2. The number of ether oxygens (including phenoxy) is 2. The number of carbonyl (C=O) groups excluding carboxylic acids is 1. The Morgan fingerprint density at radius 2 is 2.04 bits per heavy atom. The van der Waals surface area contributed by atoms with E-state index in [9.17, 15) is 4.79 Å². The lowest BCUT2D eigenvalue weighted by molar-refractivity contribution is 0.0558. The maximum Gasteiger partial charge on any atom is 0.248 e. The van der Waals surface area contributed by atoms with Crippen LogP contribution in [0, 0.1) is 0 Å². The third-order valence-corrected chi connectivity index (χ3v) is 4.25. The number of nitrogens with two attached hydrogens (primary N) is 2. The molecule has 0 radical (unpaired) electrons. The van der Waals surface area contributed by atoms with Gasteiger partial charge in [-0.3, -0.25) is 9.78 Å². The summed E-state index contributed by atoms with van der Waals surface area (Å²) in [7, 11) is 0. The summed E-state index contributed by atoms with van der Waals surface area (Å²) in [6, 6.07) is 7.07. The number of carbonyl (C=O) groups is 1. The van der Waals surface area contributed by atoms with Gasteiger partial charge in [0.15, 0.2) is 0 Å². The molecule has 142 valence electrons. The summed E-state index contributed by atoms with van der Waals surface area (Å²) in [5.41, 5.74) is 11.9. The van der Waals surface area contributed by atoms with Gasteiger partial charge >= 0.3 is 0 Å². The lowest BCUT2D eigenvalue weighted by Crippen LogP contribution is -2.20. The van der Waals surface area contributed by atoms with Crippen LogP contribution in [0.25, 0.3) is 21.7 Å². The highest BCUT2D eigenvalue weighted by Gasteiger charge is 2.14. The second kappa shape index (κ2) is 8.75. The molecule has 0 aliphatic carbocycles. The molecule has 0 saturated carbocycles. The summed E-state index contributed by atoms with van der Waals surface area (Å²) in [5.74, 6) is -0.00808. The van der Waals surface area contributed by atoms with Crippen LogP contribution >= 0.6 is 0 Å². The summed E-state index contributed by atoms with van der Waals surface area (Å²) in [5, 5.41) is 2.66. The summed E-state index contributed by atoms with van der Waals surface area (Å²) in [6.07, 6.45) is 5.17. The van der Waals surface area contributed by atoms with E-state index >= 15 is 0 Å². The van der Waals surface area contributed by atoms with Gasteiger partial charge in [-0.25, -0.2) is 4.98 Å². The fourth-order valence-corrected chi connectivity index (χ4v) is 2.88. The van der Waals surface area contributed by atoms with Crippen LogP contribution in [0.15, 0.2) is 36.7 Å². The highest BCUT2D eigenvalue weighted by Crippen LogP contribution is 2.31. The Kier molecular flexibility index (Phi) is 6.16. The van der Waals surface area contributed by atoms with Crippen LogP contribution in [-0.2, 0) is 4.74 Å². The minimum Gasteiger partial charge on any atom is -0.472 e. The molecule has 2 aromatic heterocycles. The molecule has 3 aromatic rings. The van der Waals surface area contributed by atoms with Crippen LogP contribution in [0.3, 0.4) is 0 Å². The Hall–Kier alpha value is -2.77. The van der Waals surface area contributed by atoms with E-state index in [2.05, 4.69) is 9.97 Å². The number of amides is 1. The van der Waals surface area contributed by atoms with Crippen molar-refractivity contribution in [2.45, 2.75) is 25.9 Å². The third kappa shape index (κ3) is 4.50. The molecule has 0 aliphatic rings. The first-order chi connectivity index (χ1) is 13.1. The van der Waals surface area contributed by atoms with Crippen LogP contribution in [0.2, 0.25) is 0 Å². The number of pyridine rings is 2. The van der Waals surface area contributed by atoms with Crippen molar-refractivity contribution in [1.82, 2.24) is 9.97 Å². The van der Waals surface area contributed by atoms with Crippen LogP contribution in [0.5, 0.6) is 5.88 Å². The molecule has 1 amide bonds. The maximum atomic E-state index is 11.5. The summed E-state index contributed by atoms with van der Waals surface area (Å²) >= 11 is 0. The van der Waals surface area contributed by atoms with Crippen molar-refractivity contribution in [2.75, 3.05) is 19.8 Å². The molecule has 0 bridgehead atoms. The van der Waals surface area contributed by atoms with E-state index in [1.54, 1.807) is 24.5 Å². The van der Waals surface area contributed by atoms with Crippen molar-refractivity contribution in [3.05, 3.63) is 42.2 Å². The van der Waals surface area contributed by atoms with Gasteiger partial charge in [-0.1, -0.05) is 6.07 Å². The van der Waals surface area contributed by atoms with Gasteiger partial charge in [0.05, 0.1) is 12.1 Å². The molecule has 2 heterocycles. The Bertz CT molecular complexity index is 945. The zero-order valence-corrected chi connectivity index (χ0v) is 15.4. The Labute approximate surface area is 157 Å². The number of unbranched alkanes of at least 4 members (excludes halogenated alkanes) is 1. The van der Waals surface area contributed by atoms with Crippen molar-refractivity contribution in [3.8, 4) is 5.88 Å². The maximum absolute atomic E-state index is 11.5. The molecular weight excluding hydrogens is 344 g/mol. The highest BCUT2D eigenvalue weighted by molar-refractivity contribution is 6.09. The van der Waals surface area contributed by atoms with E-state index in [0.717, 1.165) is 29.0 Å². The topological polar surface area (TPSA) is 113 Å². The molecule has 3 rings (SSSR count). The first-order valence-electron chi connectivity index (χ1n) is 9.02. The Morgan fingerprint density at radius 3 is 2.81 bits per heavy atom. The predicted molar refractivity (Wildman–Crippen MR) is 105 cm³/mol. The number of hydrogen-bond donors (Lipinski definition) is 2. The number of rotatable bonds is 9. The highest BCUT2D eigenvalue weighted by atomic mass is 16.5. The first kappa shape index (κ1) is 19.0. The molecule has 7 nitrogen and oxygen atoms in total. The largest absolute Gasteiger partial charge is 0.472 e. The Morgan fingerprint density at radius 1 is 1.19 bits per heavy atom. The van der Waals surface area contributed by atoms with E-state index in [1.807, 2.05) is 19.1 Å². The number of aromatic nitrogens is 2. The van der Waals surface area contributed by atoms with Gasteiger partial charge in [0.2, 0.25) is 11.8 Å². The molecule has 27 heavy (non-hydrogen) atoms. The Balaban J connectivity index is 1.87. The predicted octanol–water partition coefficient (Wildman–Crippen LogP) is 2.40. The zero-order chi connectivity index (χ0) is 19.2. The zero-order valence-electron chi connectivity index (χ0n) is 15.4. The smallest absolute Gasteiger partial charge is 0.248 e. The van der Waals surface area contributed by atoms with E-state index in [4.69, 9.17) is 20.9 Å². The lowest BCUT2D eigenvalue weighted by atomic mass is 10.1. The van der Waals surface area contributed by atoms with Crippen LogP contribution in [0.1, 0.15) is 30.1 Å². The van der Waals surface area contributed by atoms with Crippen LogP contribution < -0.4 is 16.2 Å². The third-order valence-electron chi connectivity index (χ3n) is 4.25. The van der Waals surface area contributed by atoms with Gasteiger partial charge in [-0.05, 0) is 44.5 Å². The number of fused-ring (bicyclic) bond motifs is 3. The summed E-state index contributed by atoms with van der Waals surface area (Å²) < 4.78 is 11.7. The fourth-order valence-electron chi connectivity index (χ4n) is 2.88. The van der Waals surface area contributed by atoms with E-state index < -0.39 is 5.91 Å². The monoisotopic (exact) mass is 368 g/mol. The standard InChI is InChI=1S/C20H24N4O3/c1-13(12-26-9-3-2-7-21)27-20-16-6-8-23-11-17(16)15-5-4-14(19(22)25)10-18(15)24-20/h4-6,8,10-11,13H,2-3,7,9,12,21H2,1H3,(H2,22,25). The molecule has 0 spiro atoms. The molecular formula is C20H24N4O3. The molecule has 1 unspecified atom stereocenters. The first-order valence-corrected chi connectivity index (χ1v) is 9.02. The van der Waals surface area contributed by atoms with Crippen molar-refractivity contribution < 1.29 is 14.3 Å². The average Bonchev–Trinajstić information content (AvgIpc) is 2.67. The normalized spacial score (nSPS) is 12.4. The average molecular weight is 368 g/mol. The second-order valence-electron chi connectivity index (χ2n) is 6.43. The molecule has 0 saturated heterocycles. The van der Waals surface area contributed by atoms with E-state index in [0.29, 0.717) is 36.7 Å². The minimum absolute atomic E-state index is 0.177. The van der Waals surface area contributed by atoms with Crippen LogP contribution in [-0.4, -0.2) is 41.7 Å². The van der Waals surface area contributed by atoms with Gasteiger partial charge in [0.25, 0.3) is 0 Å². The SMILES string of the molecule is CC(COCCCCN)Oc1nc2cc(C(N)=O)ccc2c2cnccc12. The van der Waals surface area contributed by atoms with Gasteiger partial charge < -0.3 is 20.9 Å². The van der Waals surface area contributed by atoms with Crippen molar-refractivity contribution >= 4 is 27.6 Å². The van der Waals surface area contributed by atoms with Crippen LogP contribution in [0.4, 0.5) is 0 Å². The molecule has 7 heteroatoms. The molecule has 1 aromatic carbocycles. The lowest BCUT2D eigenvalue weighted by Gasteiger charge is -2.16. The molecule has 0 fully saturated rings. The summed E-state index contributed by atoms with van der Waals surface area (Å²) in [4.78, 5) is 20.3. The number of primary amides is 1. The summed E-state index contributed by atoms with van der Waals surface area (Å²) in [6.45, 7) is 3.71. The van der Waals surface area contributed by atoms with E-state index in [1.165, 1.54) is 0 Å². The van der Waals surface area contributed by atoms with Crippen molar-refractivity contribution in [2.24, 2.45) is 11.5 Å².